The molecule has 2 N–H and O–H groups in total. The molecule has 16 heavy (non-hydrogen) atoms. The van der Waals surface area contributed by atoms with E-state index in [9.17, 15) is 4.79 Å². The predicted molar refractivity (Wildman–Crippen MR) is 60.0 cm³/mol. The first-order valence-electron chi connectivity index (χ1n) is 5.68. The van der Waals surface area contributed by atoms with Gasteiger partial charge in [-0.15, -0.1) is 0 Å². The largest absolute Gasteiger partial charge is 0.349 e. The minimum absolute atomic E-state index is 0.267. The zero-order chi connectivity index (χ0) is 12.8. The Morgan fingerprint density at radius 3 is 2.06 bits per heavy atom. The monoisotopic (exact) mass is 233 g/mol. The van der Waals surface area contributed by atoms with Gasteiger partial charge < -0.3 is 9.47 Å². The van der Waals surface area contributed by atoms with Gasteiger partial charge in [0.25, 0.3) is 5.91 Å². The van der Waals surface area contributed by atoms with Crippen molar-refractivity contribution in [2.45, 2.75) is 46.8 Å². The second kappa shape index (κ2) is 6.18. The van der Waals surface area contributed by atoms with Gasteiger partial charge in [0.2, 0.25) is 0 Å². The van der Waals surface area contributed by atoms with Crippen LogP contribution in [-0.4, -0.2) is 30.1 Å². The van der Waals surface area contributed by atoms with Crippen molar-refractivity contribution in [2.75, 3.05) is 13.2 Å². The molecule has 1 heterocycles. The van der Waals surface area contributed by atoms with Gasteiger partial charge in [-0.3, -0.25) is 10.0 Å². The van der Waals surface area contributed by atoms with Crippen molar-refractivity contribution in [3.8, 4) is 0 Å². The van der Waals surface area contributed by atoms with E-state index >= 15 is 0 Å². The molecular formula is C11H23NO4. The Kier molecular flexibility index (Phi) is 5.92. The number of carbonyl (C=O) groups is 1. The molecule has 1 saturated heterocycles. The van der Waals surface area contributed by atoms with Crippen molar-refractivity contribution >= 4 is 5.91 Å². The molecule has 0 aliphatic carbocycles. The Morgan fingerprint density at radius 1 is 1.31 bits per heavy atom. The van der Waals surface area contributed by atoms with Crippen LogP contribution >= 0.6 is 0 Å². The number of hydrogen-bond acceptors (Lipinski definition) is 4. The Bertz CT molecular complexity index is 218. The summed E-state index contributed by atoms with van der Waals surface area (Å²) in [5.41, 5.74) is 0.895. The molecular weight excluding hydrogens is 210 g/mol. The maximum absolute atomic E-state index is 11.4. The maximum atomic E-state index is 11.4. The SMILES string of the molecule is CC.CCC1(C(=O)NO)COC(C)(C)OC1. The Labute approximate surface area is 97.1 Å². The van der Waals surface area contributed by atoms with E-state index in [1.807, 2.05) is 20.8 Å². The molecule has 1 fully saturated rings. The summed E-state index contributed by atoms with van der Waals surface area (Å²) >= 11 is 0. The van der Waals surface area contributed by atoms with Crippen LogP contribution in [0.5, 0.6) is 0 Å². The topological polar surface area (TPSA) is 67.8 Å². The zero-order valence-electron chi connectivity index (χ0n) is 10.8. The highest BCUT2D eigenvalue weighted by molar-refractivity contribution is 5.81. The van der Waals surface area contributed by atoms with Gasteiger partial charge in [-0.05, 0) is 20.3 Å². The van der Waals surface area contributed by atoms with Crippen molar-refractivity contribution in [1.29, 1.82) is 0 Å². The van der Waals surface area contributed by atoms with Crippen LogP contribution in [0.1, 0.15) is 41.0 Å². The highest BCUT2D eigenvalue weighted by Gasteiger charge is 2.44. The lowest BCUT2D eigenvalue weighted by atomic mass is 9.85. The highest BCUT2D eigenvalue weighted by Crippen LogP contribution is 2.32. The van der Waals surface area contributed by atoms with Crippen LogP contribution in [0.2, 0.25) is 0 Å². The van der Waals surface area contributed by atoms with Crippen molar-refractivity contribution in [3.05, 3.63) is 0 Å². The molecule has 5 heteroatoms. The summed E-state index contributed by atoms with van der Waals surface area (Å²) in [4.78, 5) is 11.4. The molecule has 1 aliphatic heterocycles. The van der Waals surface area contributed by atoms with Gasteiger partial charge >= 0.3 is 0 Å². The van der Waals surface area contributed by atoms with E-state index in [1.54, 1.807) is 19.3 Å². The van der Waals surface area contributed by atoms with E-state index in [-0.39, 0.29) is 13.2 Å². The molecule has 96 valence electrons. The zero-order valence-corrected chi connectivity index (χ0v) is 10.8. The molecule has 0 radical (unpaired) electrons. The second-order valence-corrected chi connectivity index (χ2v) is 4.05. The van der Waals surface area contributed by atoms with E-state index in [0.29, 0.717) is 6.42 Å². The standard InChI is InChI=1S/C9H17NO4.C2H6/c1-4-9(7(11)10-12)5-13-8(2,3)14-6-9;1-2/h12H,4-6H2,1-3H3,(H,10,11);1-2H3. The third kappa shape index (κ3) is 3.43. The normalized spacial score (nSPS) is 21.6. The smallest absolute Gasteiger partial charge is 0.254 e. The van der Waals surface area contributed by atoms with Crippen LogP contribution in [0.4, 0.5) is 0 Å². The number of ether oxygens (including phenoxy) is 2. The van der Waals surface area contributed by atoms with E-state index in [0.717, 1.165) is 0 Å². The van der Waals surface area contributed by atoms with E-state index in [4.69, 9.17) is 14.7 Å². The third-order valence-corrected chi connectivity index (χ3v) is 2.65. The Morgan fingerprint density at radius 2 is 1.75 bits per heavy atom. The molecule has 0 aromatic rings. The van der Waals surface area contributed by atoms with Gasteiger partial charge in [-0.25, -0.2) is 5.48 Å². The maximum Gasteiger partial charge on any atom is 0.254 e. The minimum Gasteiger partial charge on any atom is -0.349 e. The molecule has 0 unspecified atom stereocenters. The summed E-state index contributed by atoms with van der Waals surface area (Å²) in [5.74, 6) is -1.09. The fourth-order valence-corrected chi connectivity index (χ4v) is 1.32. The summed E-state index contributed by atoms with van der Waals surface area (Å²) in [6.07, 6.45) is 0.565. The van der Waals surface area contributed by atoms with Gasteiger partial charge in [0.1, 0.15) is 0 Å². The van der Waals surface area contributed by atoms with Gasteiger partial charge in [0.15, 0.2) is 5.79 Å². The van der Waals surface area contributed by atoms with Gasteiger partial charge in [0.05, 0.1) is 18.6 Å². The second-order valence-electron chi connectivity index (χ2n) is 4.05. The number of hydrogen-bond donors (Lipinski definition) is 2. The van der Waals surface area contributed by atoms with Crippen LogP contribution in [0.15, 0.2) is 0 Å². The fraction of sp³-hybridized carbons (Fsp3) is 0.909. The van der Waals surface area contributed by atoms with Crippen LogP contribution in [0.3, 0.4) is 0 Å². The van der Waals surface area contributed by atoms with Crippen molar-refractivity contribution in [1.82, 2.24) is 5.48 Å². The first kappa shape index (κ1) is 15.3. The summed E-state index contributed by atoms with van der Waals surface area (Å²) in [6, 6.07) is 0. The minimum atomic E-state index is -0.760. The number of amides is 1. The summed E-state index contributed by atoms with van der Waals surface area (Å²) in [5, 5.41) is 8.60. The first-order valence-corrected chi connectivity index (χ1v) is 5.68. The molecule has 0 atom stereocenters. The lowest BCUT2D eigenvalue weighted by Crippen LogP contribution is -2.53. The number of hydroxylamine groups is 1. The molecule has 1 aliphatic rings. The number of nitrogens with one attached hydrogen (secondary N) is 1. The van der Waals surface area contributed by atoms with Crippen molar-refractivity contribution in [3.63, 3.8) is 0 Å². The van der Waals surface area contributed by atoms with Crippen molar-refractivity contribution < 1.29 is 19.5 Å². The van der Waals surface area contributed by atoms with E-state index < -0.39 is 17.1 Å². The molecule has 0 aromatic carbocycles. The first-order chi connectivity index (χ1) is 7.46. The average Bonchev–Trinajstić information content (AvgIpc) is 2.31. The van der Waals surface area contributed by atoms with Crippen LogP contribution < -0.4 is 5.48 Å². The lowest BCUT2D eigenvalue weighted by molar-refractivity contribution is -0.281. The average molecular weight is 233 g/mol. The number of carbonyl (C=O) groups excluding carboxylic acids is 1. The third-order valence-electron chi connectivity index (χ3n) is 2.65. The molecule has 1 amide bonds. The molecule has 1 rings (SSSR count). The lowest BCUT2D eigenvalue weighted by Gasteiger charge is -2.41. The fourth-order valence-electron chi connectivity index (χ4n) is 1.32. The predicted octanol–water partition coefficient (Wildman–Crippen LogP) is 1.70. The van der Waals surface area contributed by atoms with E-state index in [1.165, 1.54) is 0 Å². The van der Waals surface area contributed by atoms with Crippen LogP contribution in [0.25, 0.3) is 0 Å². The molecule has 0 saturated carbocycles. The highest BCUT2D eigenvalue weighted by atomic mass is 16.7. The summed E-state index contributed by atoms with van der Waals surface area (Å²) < 4.78 is 10.8. The van der Waals surface area contributed by atoms with Gasteiger partial charge in [-0.1, -0.05) is 20.8 Å². The summed E-state index contributed by atoms with van der Waals surface area (Å²) in [7, 11) is 0. The Balaban J connectivity index is 0.00000106. The number of rotatable bonds is 2. The summed E-state index contributed by atoms with van der Waals surface area (Å²) in [6.45, 7) is 9.99. The quantitative estimate of drug-likeness (QED) is 0.562. The van der Waals surface area contributed by atoms with Crippen molar-refractivity contribution in [2.24, 2.45) is 5.41 Å². The van der Waals surface area contributed by atoms with Gasteiger partial charge in [-0.2, -0.15) is 0 Å². The Hall–Kier alpha value is -0.650. The van der Waals surface area contributed by atoms with Gasteiger partial charge in [0, 0.05) is 0 Å². The molecule has 5 nitrogen and oxygen atoms in total. The van der Waals surface area contributed by atoms with Crippen LogP contribution in [0, 0.1) is 5.41 Å². The van der Waals surface area contributed by atoms with Crippen LogP contribution in [-0.2, 0) is 14.3 Å². The molecule has 0 bridgehead atoms. The molecule has 0 spiro atoms. The van der Waals surface area contributed by atoms with E-state index in [2.05, 4.69) is 0 Å². The molecule has 0 aromatic heterocycles.